The zero-order chi connectivity index (χ0) is 19.2. The highest BCUT2D eigenvalue weighted by Gasteiger charge is 2.32. The maximum Gasteiger partial charge on any atom is 0.573 e. The molecule has 0 spiro atoms. The van der Waals surface area contributed by atoms with Gasteiger partial charge in [0.15, 0.2) is 11.5 Å². The normalized spacial score (nSPS) is 11.3. The lowest BCUT2D eigenvalue weighted by Gasteiger charge is -2.13. The summed E-state index contributed by atoms with van der Waals surface area (Å²) in [5.74, 6) is -0.362. The smallest absolute Gasteiger partial charge is 0.435 e. The number of ether oxygens (including phenoxy) is 2. The summed E-state index contributed by atoms with van der Waals surface area (Å²) in [7, 11) is 0. The van der Waals surface area contributed by atoms with Crippen molar-refractivity contribution in [3.63, 3.8) is 0 Å². The third kappa shape index (κ3) is 6.27. The van der Waals surface area contributed by atoms with Crippen LogP contribution in [0, 0.1) is 5.92 Å². The molecule has 0 bridgehead atoms. The number of alkyl halides is 3. The number of hydrogen-bond donors (Lipinski definition) is 1. The average molecular weight is 368 g/mol. The number of hydrogen-bond acceptors (Lipinski definition) is 4. The van der Waals surface area contributed by atoms with Crippen LogP contribution < -0.4 is 14.8 Å². The standard InChI is InChI=1S/C18H19F3N2O3/c1-12(2)9-10-22-17(24)13-7-8-16(23-11-13)25-14-5-3-4-6-15(14)26-18(19,20)21/h3-8,11-12H,9-10H2,1-2H3,(H,22,24). The second-order valence-corrected chi connectivity index (χ2v) is 5.92. The molecule has 0 saturated heterocycles. The van der Waals surface area contributed by atoms with E-state index in [2.05, 4.69) is 28.9 Å². The predicted octanol–water partition coefficient (Wildman–Crippen LogP) is 4.55. The van der Waals surface area contributed by atoms with Crippen LogP contribution in [0.5, 0.6) is 17.4 Å². The lowest BCUT2D eigenvalue weighted by atomic mass is 10.1. The Morgan fingerprint density at radius 3 is 2.42 bits per heavy atom. The van der Waals surface area contributed by atoms with Crippen molar-refractivity contribution >= 4 is 5.91 Å². The van der Waals surface area contributed by atoms with Gasteiger partial charge in [-0.1, -0.05) is 26.0 Å². The number of carbonyl (C=O) groups excluding carboxylic acids is 1. The largest absolute Gasteiger partial charge is 0.573 e. The molecular formula is C18H19F3N2O3. The van der Waals surface area contributed by atoms with Crippen molar-refractivity contribution in [3.05, 3.63) is 48.2 Å². The number of carbonyl (C=O) groups is 1. The highest BCUT2D eigenvalue weighted by molar-refractivity contribution is 5.93. The van der Waals surface area contributed by atoms with E-state index in [1.54, 1.807) is 0 Å². The molecule has 0 saturated carbocycles. The summed E-state index contributed by atoms with van der Waals surface area (Å²) < 4.78 is 46.5. The van der Waals surface area contributed by atoms with Gasteiger partial charge in [0.25, 0.3) is 5.91 Å². The van der Waals surface area contributed by atoms with Crippen LogP contribution in [-0.2, 0) is 0 Å². The fourth-order valence-electron chi connectivity index (χ4n) is 2.01. The van der Waals surface area contributed by atoms with Gasteiger partial charge in [0.1, 0.15) is 0 Å². The predicted molar refractivity (Wildman–Crippen MR) is 89.2 cm³/mol. The zero-order valence-electron chi connectivity index (χ0n) is 14.3. The van der Waals surface area contributed by atoms with Gasteiger partial charge in [0.2, 0.25) is 5.88 Å². The maximum atomic E-state index is 12.4. The van der Waals surface area contributed by atoms with E-state index in [0.29, 0.717) is 18.0 Å². The Balaban J connectivity index is 2.02. The Labute approximate surface area is 149 Å². The van der Waals surface area contributed by atoms with E-state index in [0.717, 1.165) is 12.5 Å². The van der Waals surface area contributed by atoms with Crippen molar-refractivity contribution in [1.29, 1.82) is 0 Å². The Kier molecular flexibility index (Phi) is 6.43. The molecule has 0 aliphatic heterocycles. The molecule has 0 unspecified atom stereocenters. The highest BCUT2D eigenvalue weighted by atomic mass is 19.4. The second-order valence-electron chi connectivity index (χ2n) is 5.92. The van der Waals surface area contributed by atoms with Gasteiger partial charge in [-0.15, -0.1) is 13.2 Å². The molecule has 1 heterocycles. The number of nitrogens with one attached hydrogen (secondary N) is 1. The van der Waals surface area contributed by atoms with Gasteiger partial charge in [0, 0.05) is 18.8 Å². The summed E-state index contributed by atoms with van der Waals surface area (Å²) in [5.41, 5.74) is 0.334. The Hall–Kier alpha value is -2.77. The number of aromatic nitrogens is 1. The number of halogens is 3. The van der Waals surface area contributed by atoms with Gasteiger partial charge in [-0.05, 0) is 30.5 Å². The van der Waals surface area contributed by atoms with Crippen molar-refractivity contribution in [1.82, 2.24) is 10.3 Å². The van der Waals surface area contributed by atoms with Crippen molar-refractivity contribution in [3.8, 4) is 17.4 Å². The molecule has 1 N–H and O–H groups in total. The first-order chi connectivity index (χ1) is 12.2. The Morgan fingerprint density at radius 1 is 1.15 bits per heavy atom. The van der Waals surface area contributed by atoms with E-state index in [4.69, 9.17) is 4.74 Å². The summed E-state index contributed by atoms with van der Waals surface area (Å²) in [6.07, 6.45) is -2.67. The third-order valence-corrected chi connectivity index (χ3v) is 3.30. The van der Waals surface area contributed by atoms with Crippen LogP contribution in [0.3, 0.4) is 0 Å². The summed E-state index contributed by atoms with van der Waals surface area (Å²) in [6.45, 7) is 4.66. The van der Waals surface area contributed by atoms with E-state index in [9.17, 15) is 18.0 Å². The van der Waals surface area contributed by atoms with E-state index in [1.807, 2.05) is 0 Å². The fraction of sp³-hybridized carbons (Fsp3) is 0.333. The van der Waals surface area contributed by atoms with E-state index in [-0.39, 0.29) is 17.5 Å². The van der Waals surface area contributed by atoms with Crippen molar-refractivity contribution in [2.24, 2.45) is 5.92 Å². The number of rotatable bonds is 7. The topological polar surface area (TPSA) is 60.5 Å². The number of para-hydroxylation sites is 2. The van der Waals surface area contributed by atoms with Crippen molar-refractivity contribution in [2.45, 2.75) is 26.6 Å². The van der Waals surface area contributed by atoms with E-state index < -0.39 is 12.1 Å². The molecular weight excluding hydrogens is 349 g/mol. The zero-order valence-corrected chi connectivity index (χ0v) is 14.3. The molecule has 0 radical (unpaired) electrons. The van der Waals surface area contributed by atoms with Crippen LogP contribution in [0.2, 0.25) is 0 Å². The van der Waals surface area contributed by atoms with Gasteiger partial charge in [-0.25, -0.2) is 4.98 Å². The van der Waals surface area contributed by atoms with Gasteiger partial charge >= 0.3 is 6.36 Å². The monoisotopic (exact) mass is 368 g/mol. The molecule has 0 atom stereocenters. The molecule has 1 amide bonds. The minimum atomic E-state index is -4.83. The molecule has 0 fully saturated rings. The molecule has 140 valence electrons. The SMILES string of the molecule is CC(C)CCNC(=O)c1ccc(Oc2ccccc2OC(F)(F)F)nc1. The molecule has 2 aromatic rings. The first-order valence-corrected chi connectivity index (χ1v) is 8.01. The summed E-state index contributed by atoms with van der Waals surface area (Å²) in [6, 6.07) is 8.26. The molecule has 2 rings (SSSR count). The summed E-state index contributed by atoms with van der Waals surface area (Å²) in [4.78, 5) is 15.9. The van der Waals surface area contributed by atoms with Crippen LogP contribution in [0.1, 0.15) is 30.6 Å². The number of pyridine rings is 1. The van der Waals surface area contributed by atoms with Crippen LogP contribution in [0.25, 0.3) is 0 Å². The summed E-state index contributed by atoms with van der Waals surface area (Å²) >= 11 is 0. The Bertz CT molecular complexity index is 731. The highest BCUT2D eigenvalue weighted by Crippen LogP contribution is 2.34. The number of amides is 1. The van der Waals surface area contributed by atoms with Crippen molar-refractivity contribution in [2.75, 3.05) is 6.54 Å². The molecule has 0 aliphatic rings. The first kappa shape index (κ1) is 19.6. The van der Waals surface area contributed by atoms with Crippen LogP contribution in [-0.4, -0.2) is 23.8 Å². The lowest BCUT2D eigenvalue weighted by Crippen LogP contribution is -2.25. The van der Waals surface area contributed by atoms with Gasteiger partial charge in [-0.3, -0.25) is 4.79 Å². The lowest BCUT2D eigenvalue weighted by molar-refractivity contribution is -0.275. The molecule has 5 nitrogen and oxygen atoms in total. The molecule has 1 aromatic heterocycles. The maximum absolute atomic E-state index is 12.4. The van der Waals surface area contributed by atoms with E-state index in [1.165, 1.54) is 36.5 Å². The van der Waals surface area contributed by atoms with Crippen LogP contribution in [0.4, 0.5) is 13.2 Å². The van der Waals surface area contributed by atoms with Gasteiger partial charge in [0.05, 0.1) is 5.56 Å². The van der Waals surface area contributed by atoms with E-state index >= 15 is 0 Å². The van der Waals surface area contributed by atoms with Crippen molar-refractivity contribution < 1.29 is 27.4 Å². The minimum absolute atomic E-state index is 0.0435. The first-order valence-electron chi connectivity index (χ1n) is 8.01. The number of nitrogens with zero attached hydrogens (tertiary/aromatic N) is 1. The Morgan fingerprint density at radius 2 is 1.85 bits per heavy atom. The van der Waals surface area contributed by atoms with Gasteiger partial charge < -0.3 is 14.8 Å². The van der Waals surface area contributed by atoms with Gasteiger partial charge in [-0.2, -0.15) is 0 Å². The number of benzene rings is 1. The fourth-order valence-corrected chi connectivity index (χ4v) is 2.01. The second kappa shape index (κ2) is 8.55. The van der Waals surface area contributed by atoms with Crippen LogP contribution in [0.15, 0.2) is 42.6 Å². The minimum Gasteiger partial charge on any atom is -0.435 e. The molecule has 0 aliphatic carbocycles. The third-order valence-electron chi connectivity index (χ3n) is 3.30. The van der Waals surface area contributed by atoms with Crippen LogP contribution >= 0.6 is 0 Å². The molecule has 26 heavy (non-hydrogen) atoms. The molecule has 8 heteroatoms. The summed E-state index contributed by atoms with van der Waals surface area (Å²) in [5, 5.41) is 2.77. The average Bonchev–Trinajstić information content (AvgIpc) is 2.55. The quantitative estimate of drug-likeness (QED) is 0.779. The molecule has 1 aromatic carbocycles.